The average Bonchev–Trinajstić information content (AvgIpc) is 2.43. The number of anilines is 1. The number of hydrazine groups is 1. The second-order valence-electron chi connectivity index (χ2n) is 5.92. The molecule has 0 aliphatic carbocycles. The molecule has 4 heteroatoms. The van der Waals surface area contributed by atoms with Gasteiger partial charge in [0.15, 0.2) is 0 Å². The van der Waals surface area contributed by atoms with Crippen LogP contribution in [0.1, 0.15) is 43.5 Å². The monoisotopic (exact) mass is 275 g/mol. The number of hydrogen-bond donors (Lipinski definition) is 1. The maximum absolute atomic E-state index is 12.4. The van der Waals surface area contributed by atoms with Gasteiger partial charge in [-0.05, 0) is 44.9 Å². The Morgan fingerprint density at radius 1 is 1.25 bits per heavy atom. The lowest BCUT2D eigenvalue weighted by Crippen LogP contribution is -2.54. The van der Waals surface area contributed by atoms with Crippen LogP contribution in [0.15, 0.2) is 24.3 Å². The van der Waals surface area contributed by atoms with E-state index in [2.05, 4.69) is 24.3 Å². The standard InChI is InChI=1S/C16H25N3O/c1-12-7-5-8-13(2)19(12)17-16(20)14-9-6-10-15(11-14)18(3)4/h6,9-13H,5,7-8H2,1-4H3,(H,17,20)/t12-,13-/m1/s1. The smallest absolute Gasteiger partial charge is 0.265 e. The van der Waals surface area contributed by atoms with E-state index in [0.717, 1.165) is 18.5 Å². The maximum Gasteiger partial charge on any atom is 0.265 e. The zero-order valence-corrected chi connectivity index (χ0v) is 12.9. The SMILES string of the molecule is C[C@@H]1CCC[C@@H](C)N1NC(=O)c1cccc(N(C)C)c1. The number of carbonyl (C=O) groups excluding carboxylic acids is 1. The summed E-state index contributed by atoms with van der Waals surface area (Å²) in [4.78, 5) is 14.4. The van der Waals surface area contributed by atoms with E-state index >= 15 is 0 Å². The minimum Gasteiger partial charge on any atom is -0.378 e. The molecule has 0 radical (unpaired) electrons. The van der Waals surface area contributed by atoms with Crippen LogP contribution in [0, 0.1) is 0 Å². The number of nitrogens with zero attached hydrogens (tertiary/aromatic N) is 2. The van der Waals surface area contributed by atoms with Gasteiger partial charge in [0.1, 0.15) is 0 Å². The summed E-state index contributed by atoms with van der Waals surface area (Å²) in [5.74, 6) is -0.0192. The molecule has 2 atom stereocenters. The van der Waals surface area contributed by atoms with Gasteiger partial charge in [-0.15, -0.1) is 0 Å². The second kappa shape index (κ2) is 6.27. The van der Waals surface area contributed by atoms with Crippen LogP contribution in [0.4, 0.5) is 5.69 Å². The van der Waals surface area contributed by atoms with Crippen molar-refractivity contribution in [1.29, 1.82) is 0 Å². The number of hydrogen-bond acceptors (Lipinski definition) is 3. The Balaban J connectivity index is 2.09. The van der Waals surface area contributed by atoms with Gasteiger partial charge in [-0.2, -0.15) is 0 Å². The molecule has 1 aliphatic rings. The van der Waals surface area contributed by atoms with Gasteiger partial charge in [-0.25, -0.2) is 5.01 Å². The van der Waals surface area contributed by atoms with Crippen molar-refractivity contribution in [2.75, 3.05) is 19.0 Å². The van der Waals surface area contributed by atoms with Crippen LogP contribution in [0.25, 0.3) is 0 Å². The molecule has 1 fully saturated rings. The predicted octanol–water partition coefficient (Wildman–Crippen LogP) is 2.66. The van der Waals surface area contributed by atoms with Crippen molar-refractivity contribution in [3.8, 4) is 0 Å². The van der Waals surface area contributed by atoms with Gasteiger partial charge in [0.25, 0.3) is 5.91 Å². The highest BCUT2D eigenvalue weighted by atomic mass is 16.2. The first-order valence-corrected chi connectivity index (χ1v) is 7.35. The van der Waals surface area contributed by atoms with Gasteiger partial charge in [-0.3, -0.25) is 10.2 Å². The maximum atomic E-state index is 12.4. The molecule has 1 aliphatic heterocycles. The van der Waals surface area contributed by atoms with E-state index in [4.69, 9.17) is 0 Å². The number of rotatable bonds is 3. The Bertz CT molecular complexity index is 463. The van der Waals surface area contributed by atoms with Gasteiger partial charge in [-0.1, -0.05) is 12.5 Å². The molecule has 110 valence electrons. The van der Waals surface area contributed by atoms with Gasteiger partial charge >= 0.3 is 0 Å². The van der Waals surface area contributed by atoms with Crippen LogP contribution in [0.3, 0.4) is 0 Å². The number of nitrogens with one attached hydrogen (secondary N) is 1. The average molecular weight is 275 g/mol. The zero-order valence-electron chi connectivity index (χ0n) is 12.9. The molecule has 0 spiro atoms. The second-order valence-corrected chi connectivity index (χ2v) is 5.92. The third-order valence-electron chi connectivity index (χ3n) is 4.05. The van der Waals surface area contributed by atoms with Crippen LogP contribution in [-0.4, -0.2) is 37.1 Å². The lowest BCUT2D eigenvalue weighted by molar-refractivity contribution is 0.0370. The van der Waals surface area contributed by atoms with Crippen molar-refractivity contribution in [1.82, 2.24) is 10.4 Å². The molecule has 1 aromatic rings. The summed E-state index contributed by atoms with van der Waals surface area (Å²) in [5, 5.41) is 2.11. The summed E-state index contributed by atoms with van der Waals surface area (Å²) in [6.07, 6.45) is 3.52. The molecule has 2 rings (SSSR count). The van der Waals surface area contributed by atoms with E-state index < -0.39 is 0 Å². The molecular weight excluding hydrogens is 250 g/mol. The molecule has 4 nitrogen and oxygen atoms in total. The van der Waals surface area contributed by atoms with E-state index in [1.807, 2.05) is 43.3 Å². The fourth-order valence-corrected chi connectivity index (χ4v) is 2.75. The van der Waals surface area contributed by atoms with Crippen LogP contribution < -0.4 is 10.3 Å². The van der Waals surface area contributed by atoms with E-state index in [0.29, 0.717) is 17.6 Å². The molecule has 1 saturated heterocycles. The summed E-state index contributed by atoms with van der Waals surface area (Å²) in [6, 6.07) is 8.52. The topological polar surface area (TPSA) is 35.6 Å². The first-order chi connectivity index (χ1) is 9.49. The summed E-state index contributed by atoms with van der Waals surface area (Å²) in [7, 11) is 3.96. The molecule has 0 aromatic heterocycles. The third-order valence-corrected chi connectivity index (χ3v) is 4.05. The molecule has 0 saturated carbocycles. The van der Waals surface area contributed by atoms with Gasteiger partial charge < -0.3 is 4.90 Å². The Kier molecular flexibility index (Phi) is 4.65. The Morgan fingerprint density at radius 2 is 1.90 bits per heavy atom. The van der Waals surface area contributed by atoms with Crippen molar-refractivity contribution in [3.63, 3.8) is 0 Å². The van der Waals surface area contributed by atoms with Crippen LogP contribution >= 0.6 is 0 Å². The fourth-order valence-electron chi connectivity index (χ4n) is 2.75. The summed E-state index contributed by atoms with van der Waals surface area (Å²) >= 11 is 0. The molecule has 0 bridgehead atoms. The highest BCUT2D eigenvalue weighted by Gasteiger charge is 2.26. The summed E-state index contributed by atoms with van der Waals surface area (Å²) in [6.45, 7) is 4.35. The van der Waals surface area contributed by atoms with Crippen LogP contribution in [-0.2, 0) is 0 Å². The van der Waals surface area contributed by atoms with Crippen molar-refractivity contribution < 1.29 is 4.79 Å². The highest BCUT2D eigenvalue weighted by Crippen LogP contribution is 2.21. The van der Waals surface area contributed by atoms with E-state index in [9.17, 15) is 4.79 Å². The lowest BCUT2D eigenvalue weighted by atomic mass is 10.00. The predicted molar refractivity (Wildman–Crippen MR) is 82.8 cm³/mol. The van der Waals surface area contributed by atoms with Gasteiger partial charge in [0.05, 0.1) is 0 Å². The number of piperidine rings is 1. The van der Waals surface area contributed by atoms with Crippen molar-refractivity contribution in [3.05, 3.63) is 29.8 Å². The number of benzene rings is 1. The fraction of sp³-hybridized carbons (Fsp3) is 0.562. The minimum atomic E-state index is -0.0192. The van der Waals surface area contributed by atoms with Crippen molar-refractivity contribution >= 4 is 11.6 Å². The van der Waals surface area contributed by atoms with E-state index in [-0.39, 0.29) is 5.91 Å². The van der Waals surface area contributed by atoms with Crippen LogP contribution in [0.5, 0.6) is 0 Å². The zero-order chi connectivity index (χ0) is 14.7. The number of carbonyl (C=O) groups is 1. The molecule has 0 unspecified atom stereocenters. The minimum absolute atomic E-state index is 0.0192. The molecule has 20 heavy (non-hydrogen) atoms. The number of amides is 1. The van der Waals surface area contributed by atoms with Crippen LogP contribution in [0.2, 0.25) is 0 Å². The Labute approximate surface area is 121 Å². The largest absolute Gasteiger partial charge is 0.378 e. The van der Waals surface area contributed by atoms with E-state index in [1.54, 1.807) is 0 Å². The van der Waals surface area contributed by atoms with Crippen molar-refractivity contribution in [2.24, 2.45) is 0 Å². The molecule has 1 N–H and O–H groups in total. The highest BCUT2D eigenvalue weighted by molar-refractivity contribution is 5.94. The third kappa shape index (κ3) is 3.31. The summed E-state index contributed by atoms with van der Waals surface area (Å²) in [5.41, 5.74) is 4.83. The first-order valence-electron chi connectivity index (χ1n) is 7.35. The lowest BCUT2D eigenvalue weighted by Gasteiger charge is -2.38. The molecular formula is C16H25N3O. The first kappa shape index (κ1) is 14.9. The molecule has 1 aromatic carbocycles. The van der Waals surface area contributed by atoms with E-state index in [1.165, 1.54) is 6.42 Å². The van der Waals surface area contributed by atoms with Crippen molar-refractivity contribution in [2.45, 2.75) is 45.2 Å². The normalized spacial score (nSPS) is 23.4. The Hall–Kier alpha value is -1.55. The summed E-state index contributed by atoms with van der Waals surface area (Å²) < 4.78 is 0. The van der Waals surface area contributed by atoms with Gasteiger partial charge in [0.2, 0.25) is 0 Å². The molecule has 1 amide bonds. The Morgan fingerprint density at radius 3 is 2.50 bits per heavy atom. The quantitative estimate of drug-likeness (QED) is 0.921. The molecule has 1 heterocycles. The van der Waals surface area contributed by atoms with Gasteiger partial charge in [0, 0.05) is 37.4 Å².